The average Bonchev–Trinajstić information content (AvgIpc) is 2.12. The Morgan fingerprint density at radius 3 is 1.08 bits per heavy atom. The summed E-state index contributed by atoms with van der Waals surface area (Å²) in [6, 6.07) is 0. The standard InChI is InChI=1S/2C5H12O.Ti/c2*1-2-3-4-5-6;/h2*6H,2-5H2,1H3;. The van der Waals surface area contributed by atoms with Gasteiger partial charge in [0.2, 0.25) is 0 Å². The zero-order valence-electron chi connectivity index (χ0n) is 9.05. The first-order valence-electron chi connectivity index (χ1n) is 5.05. The van der Waals surface area contributed by atoms with Gasteiger partial charge in [-0.05, 0) is 12.8 Å². The van der Waals surface area contributed by atoms with Crippen molar-refractivity contribution in [2.75, 3.05) is 13.2 Å². The Bertz CT molecular complexity index is 44.9. The molecule has 0 amide bonds. The van der Waals surface area contributed by atoms with Gasteiger partial charge in [-0.2, -0.15) is 0 Å². The molecular formula is C10H24O2Ti. The van der Waals surface area contributed by atoms with E-state index in [0.29, 0.717) is 13.2 Å². The van der Waals surface area contributed by atoms with Crippen LogP contribution in [0.2, 0.25) is 0 Å². The van der Waals surface area contributed by atoms with Crippen LogP contribution >= 0.6 is 0 Å². The first-order chi connectivity index (χ1) is 5.83. The van der Waals surface area contributed by atoms with Gasteiger partial charge in [0.25, 0.3) is 0 Å². The Balaban J connectivity index is -0.000000143. The van der Waals surface area contributed by atoms with E-state index in [1.54, 1.807) is 0 Å². The molecule has 0 spiro atoms. The van der Waals surface area contributed by atoms with Crippen LogP contribution in [0.5, 0.6) is 0 Å². The molecule has 3 heteroatoms. The summed E-state index contributed by atoms with van der Waals surface area (Å²) in [6.07, 6.45) is 6.65. The van der Waals surface area contributed by atoms with Crippen LogP contribution in [0, 0.1) is 0 Å². The van der Waals surface area contributed by atoms with E-state index in [9.17, 15) is 0 Å². The van der Waals surface area contributed by atoms with Crippen molar-refractivity contribution in [3.05, 3.63) is 0 Å². The van der Waals surface area contributed by atoms with Crippen molar-refractivity contribution in [3.8, 4) is 0 Å². The van der Waals surface area contributed by atoms with Gasteiger partial charge in [-0.15, -0.1) is 0 Å². The molecule has 2 N–H and O–H groups in total. The van der Waals surface area contributed by atoms with Gasteiger partial charge >= 0.3 is 0 Å². The van der Waals surface area contributed by atoms with Gasteiger partial charge in [0.05, 0.1) is 0 Å². The van der Waals surface area contributed by atoms with Crippen molar-refractivity contribution in [2.45, 2.75) is 52.4 Å². The summed E-state index contributed by atoms with van der Waals surface area (Å²) in [4.78, 5) is 0. The molecule has 0 saturated heterocycles. The molecule has 0 aromatic heterocycles. The van der Waals surface area contributed by atoms with Crippen LogP contribution in [-0.4, -0.2) is 23.4 Å². The van der Waals surface area contributed by atoms with Gasteiger partial charge < -0.3 is 10.2 Å². The zero-order chi connectivity index (χ0) is 9.66. The van der Waals surface area contributed by atoms with Gasteiger partial charge in [0, 0.05) is 34.9 Å². The van der Waals surface area contributed by atoms with Crippen LogP contribution in [0.4, 0.5) is 0 Å². The molecule has 0 saturated carbocycles. The van der Waals surface area contributed by atoms with E-state index in [4.69, 9.17) is 10.2 Å². The Hall–Kier alpha value is 0.634. The Morgan fingerprint density at radius 2 is 1.00 bits per heavy atom. The average molecular weight is 224 g/mol. The zero-order valence-corrected chi connectivity index (χ0v) is 10.6. The fourth-order valence-corrected chi connectivity index (χ4v) is 0.724. The maximum atomic E-state index is 8.20. The molecule has 0 radical (unpaired) electrons. The second-order valence-corrected chi connectivity index (χ2v) is 2.86. The quantitative estimate of drug-likeness (QED) is 0.537. The molecule has 2 nitrogen and oxygen atoms in total. The number of aliphatic hydroxyl groups excluding tert-OH is 2. The van der Waals surface area contributed by atoms with E-state index >= 15 is 0 Å². The van der Waals surface area contributed by atoms with Crippen LogP contribution in [0.1, 0.15) is 52.4 Å². The van der Waals surface area contributed by atoms with E-state index in [1.165, 1.54) is 12.8 Å². The minimum absolute atomic E-state index is 0. The molecule has 0 bridgehead atoms. The van der Waals surface area contributed by atoms with Crippen molar-refractivity contribution >= 4 is 0 Å². The monoisotopic (exact) mass is 224 g/mol. The number of aliphatic hydroxyl groups is 2. The third kappa shape index (κ3) is 32.5. The molecule has 0 aliphatic heterocycles. The minimum atomic E-state index is 0. The van der Waals surface area contributed by atoms with Crippen molar-refractivity contribution in [1.82, 2.24) is 0 Å². The fraction of sp³-hybridized carbons (Fsp3) is 1.00. The van der Waals surface area contributed by atoms with Crippen molar-refractivity contribution in [1.29, 1.82) is 0 Å². The Morgan fingerprint density at radius 1 is 0.692 bits per heavy atom. The third-order valence-electron chi connectivity index (χ3n) is 1.52. The summed E-state index contributed by atoms with van der Waals surface area (Å²) in [5.41, 5.74) is 0. The van der Waals surface area contributed by atoms with Crippen LogP contribution in [0.25, 0.3) is 0 Å². The molecule has 0 fully saturated rings. The number of hydrogen-bond acceptors (Lipinski definition) is 2. The summed E-state index contributed by atoms with van der Waals surface area (Å²) in [6.45, 7) is 4.95. The Kier molecular flexibility index (Phi) is 34.0. The second-order valence-electron chi connectivity index (χ2n) is 2.86. The molecule has 0 heterocycles. The van der Waals surface area contributed by atoms with Crippen molar-refractivity contribution in [2.24, 2.45) is 0 Å². The summed E-state index contributed by atoms with van der Waals surface area (Å²) < 4.78 is 0. The molecule has 0 atom stereocenters. The summed E-state index contributed by atoms with van der Waals surface area (Å²) >= 11 is 0. The van der Waals surface area contributed by atoms with E-state index in [2.05, 4.69) is 13.8 Å². The van der Waals surface area contributed by atoms with E-state index in [-0.39, 0.29) is 21.7 Å². The topological polar surface area (TPSA) is 40.5 Å². The second kappa shape index (κ2) is 22.9. The SMILES string of the molecule is CCCCCO.CCCCCO.[Ti]. The van der Waals surface area contributed by atoms with Crippen LogP contribution < -0.4 is 0 Å². The maximum Gasteiger partial charge on any atom is 0.0431 e. The molecule has 0 rings (SSSR count). The van der Waals surface area contributed by atoms with Crippen LogP contribution in [0.15, 0.2) is 0 Å². The summed E-state index contributed by atoms with van der Waals surface area (Å²) in [7, 11) is 0. The third-order valence-corrected chi connectivity index (χ3v) is 1.52. The number of hydrogen-bond donors (Lipinski definition) is 2. The summed E-state index contributed by atoms with van der Waals surface area (Å²) in [5.74, 6) is 0. The predicted octanol–water partition coefficient (Wildman–Crippen LogP) is 2.34. The molecule has 0 unspecified atom stereocenters. The van der Waals surface area contributed by atoms with Gasteiger partial charge in [0.1, 0.15) is 0 Å². The first kappa shape index (κ1) is 19.2. The number of unbranched alkanes of at least 4 members (excludes halogenated alkanes) is 4. The summed E-state index contributed by atoms with van der Waals surface area (Å²) in [5, 5.41) is 16.4. The van der Waals surface area contributed by atoms with Crippen molar-refractivity contribution in [3.63, 3.8) is 0 Å². The van der Waals surface area contributed by atoms with Gasteiger partial charge in [0.15, 0.2) is 0 Å². The van der Waals surface area contributed by atoms with Crippen molar-refractivity contribution < 1.29 is 31.9 Å². The largest absolute Gasteiger partial charge is 0.396 e. The first-order valence-corrected chi connectivity index (χ1v) is 5.05. The Labute approximate surface area is 97.6 Å². The van der Waals surface area contributed by atoms with Gasteiger partial charge in [-0.25, -0.2) is 0 Å². The normalized spacial score (nSPS) is 8.31. The molecule has 13 heavy (non-hydrogen) atoms. The molecule has 80 valence electrons. The molecular weight excluding hydrogens is 200 g/mol. The molecule has 0 aromatic rings. The predicted molar refractivity (Wildman–Crippen MR) is 53.2 cm³/mol. The van der Waals surface area contributed by atoms with Crippen LogP contribution in [0.3, 0.4) is 0 Å². The molecule has 0 aliphatic rings. The fourth-order valence-electron chi connectivity index (χ4n) is 0.724. The van der Waals surface area contributed by atoms with Gasteiger partial charge in [-0.1, -0.05) is 39.5 Å². The number of rotatable bonds is 6. The van der Waals surface area contributed by atoms with Crippen LogP contribution in [-0.2, 0) is 21.7 Å². The minimum Gasteiger partial charge on any atom is -0.396 e. The van der Waals surface area contributed by atoms with E-state index < -0.39 is 0 Å². The smallest absolute Gasteiger partial charge is 0.0431 e. The molecule has 0 aliphatic carbocycles. The van der Waals surface area contributed by atoms with E-state index in [0.717, 1.165) is 25.7 Å². The van der Waals surface area contributed by atoms with E-state index in [1.807, 2.05) is 0 Å². The maximum absolute atomic E-state index is 8.20. The molecule has 0 aromatic carbocycles. The van der Waals surface area contributed by atoms with Gasteiger partial charge in [-0.3, -0.25) is 0 Å².